The van der Waals surface area contributed by atoms with Crippen LogP contribution >= 0.6 is 11.3 Å². The van der Waals surface area contributed by atoms with E-state index in [0.717, 1.165) is 36.0 Å². The minimum atomic E-state index is -3.59. The van der Waals surface area contributed by atoms with E-state index >= 15 is 0 Å². The Morgan fingerprint density at radius 2 is 1.70 bits per heavy atom. The van der Waals surface area contributed by atoms with E-state index in [1.165, 1.54) is 12.1 Å². The maximum absolute atomic E-state index is 13.5. The van der Waals surface area contributed by atoms with Gasteiger partial charge in [-0.3, -0.25) is 0 Å². The molecular formula is C23H26N2O5S3. The lowest BCUT2D eigenvalue weighted by Crippen LogP contribution is -2.23. The highest BCUT2D eigenvalue weighted by Gasteiger charge is 2.21. The minimum Gasteiger partial charge on any atom is -0.450 e. The van der Waals surface area contributed by atoms with Gasteiger partial charge in [-0.1, -0.05) is 43.7 Å². The van der Waals surface area contributed by atoms with Crippen LogP contribution in [0.5, 0.6) is 0 Å². The van der Waals surface area contributed by atoms with Crippen LogP contribution in [0.2, 0.25) is 0 Å². The number of unbranched alkanes of at least 4 members (excludes halogenated alkanes) is 1. The highest BCUT2D eigenvalue weighted by Crippen LogP contribution is 2.33. The van der Waals surface area contributed by atoms with E-state index < -0.39 is 25.7 Å². The molecule has 0 aliphatic carbocycles. The molecule has 10 heteroatoms. The summed E-state index contributed by atoms with van der Waals surface area (Å²) >= 11 is 1.14. The predicted octanol–water partition coefficient (Wildman–Crippen LogP) is 5.31. The van der Waals surface area contributed by atoms with E-state index in [9.17, 15) is 17.4 Å². The van der Waals surface area contributed by atoms with Crippen molar-refractivity contribution in [2.24, 2.45) is 0 Å². The maximum Gasteiger partial charge on any atom is 0.407 e. The Hall–Kier alpha value is -2.69. The largest absolute Gasteiger partial charge is 0.450 e. The number of amides is 1. The van der Waals surface area contributed by atoms with E-state index in [1.54, 1.807) is 18.2 Å². The van der Waals surface area contributed by atoms with Gasteiger partial charge in [0.2, 0.25) is 0 Å². The summed E-state index contributed by atoms with van der Waals surface area (Å²) in [5.41, 5.74) is 1.33. The van der Waals surface area contributed by atoms with Crippen LogP contribution in [0.15, 0.2) is 74.7 Å². The average Bonchev–Trinajstić information content (AvgIpc) is 3.28. The number of thiophene rings is 1. The molecule has 0 fully saturated rings. The lowest BCUT2D eigenvalue weighted by Gasteiger charge is -2.11. The number of carbonyl (C=O) groups excluding carboxylic acids is 1. The van der Waals surface area contributed by atoms with Crippen molar-refractivity contribution in [3.05, 3.63) is 65.5 Å². The van der Waals surface area contributed by atoms with E-state index in [0.29, 0.717) is 17.0 Å². The van der Waals surface area contributed by atoms with Crippen molar-refractivity contribution in [1.82, 2.24) is 5.32 Å². The number of sulfone groups is 1. The fraction of sp³-hybridized carbons (Fsp3) is 0.261. The first-order valence-corrected chi connectivity index (χ1v) is 14.6. The molecular weight excluding hydrogens is 480 g/mol. The van der Waals surface area contributed by atoms with Gasteiger partial charge in [0.05, 0.1) is 22.9 Å². The number of rotatable bonds is 9. The number of hydrogen-bond donors (Lipinski definition) is 2. The molecule has 33 heavy (non-hydrogen) atoms. The third-order valence-corrected chi connectivity index (χ3v) is 9.33. The molecule has 2 N–H and O–H groups in total. The van der Waals surface area contributed by atoms with Gasteiger partial charge in [-0.25, -0.2) is 22.2 Å². The fourth-order valence-corrected chi connectivity index (χ4v) is 6.58. The summed E-state index contributed by atoms with van der Waals surface area (Å²) in [6.07, 6.45) is 2.26. The summed E-state index contributed by atoms with van der Waals surface area (Å²) in [4.78, 5) is 12.6. The molecule has 0 aliphatic rings. The zero-order chi connectivity index (χ0) is 24.1. The quantitative estimate of drug-likeness (QED) is 0.382. The summed E-state index contributed by atoms with van der Waals surface area (Å²) in [6.45, 7) is 2.53. The number of carbonyl (C=O) groups is 1. The molecule has 0 spiro atoms. The fourth-order valence-electron chi connectivity index (χ4n) is 2.99. The molecule has 0 radical (unpaired) electrons. The molecule has 1 atom stereocenters. The predicted molar refractivity (Wildman–Crippen MR) is 130 cm³/mol. The topological polar surface area (TPSA) is 113 Å². The van der Waals surface area contributed by atoms with E-state index in [4.69, 9.17) is 9.52 Å². The zero-order valence-corrected chi connectivity index (χ0v) is 20.8. The van der Waals surface area contributed by atoms with Crippen LogP contribution in [0, 0.1) is 4.78 Å². The van der Waals surface area contributed by atoms with Gasteiger partial charge in [-0.05, 0) is 47.9 Å². The number of alkyl carbamates (subject to hydrolysis) is 1. The summed E-state index contributed by atoms with van der Waals surface area (Å²) < 4.78 is 52.1. The van der Waals surface area contributed by atoms with Crippen molar-refractivity contribution in [3.63, 3.8) is 0 Å². The van der Waals surface area contributed by atoms with Gasteiger partial charge in [-0.15, -0.1) is 11.3 Å². The molecule has 3 aromatic rings. The van der Waals surface area contributed by atoms with Crippen molar-refractivity contribution in [3.8, 4) is 11.1 Å². The van der Waals surface area contributed by atoms with Crippen LogP contribution in [0.3, 0.4) is 0 Å². The van der Waals surface area contributed by atoms with Gasteiger partial charge in [0.25, 0.3) is 0 Å². The molecule has 1 heterocycles. The standard InChI is InChI=1S/C23H26N2O5S3/c1-3-4-12-30-23(26)25-16-19-10-11-22(31-19)33(24,29)21-14-18(17-8-6-5-7-9-17)13-20(15-21)32(2,27)28/h5-11,13-15,24H,3-4,12,16H2,1-2H3,(H,25,26). The normalized spacial score (nSPS) is 13.3. The van der Waals surface area contributed by atoms with Crippen LogP contribution < -0.4 is 5.32 Å². The molecule has 0 bridgehead atoms. The van der Waals surface area contributed by atoms with Crippen molar-refractivity contribution >= 4 is 37.0 Å². The molecule has 1 amide bonds. The van der Waals surface area contributed by atoms with Crippen molar-refractivity contribution in [2.75, 3.05) is 12.9 Å². The van der Waals surface area contributed by atoms with E-state index in [1.807, 2.05) is 37.3 Å². The number of nitrogens with one attached hydrogen (secondary N) is 2. The molecule has 2 aromatic carbocycles. The van der Waals surface area contributed by atoms with Gasteiger partial charge in [0, 0.05) is 11.1 Å². The monoisotopic (exact) mass is 506 g/mol. The Labute approximate surface area is 198 Å². The second kappa shape index (κ2) is 10.5. The molecule has 0 saturated carbocycles. The maximum atomic E-state index is 13.5. The molecule has 0 saturated heterocycles. The van der Waals surface area contributed by atoms with Crippen LogP contribution in [0.25, 0.3) is 11.1 Å². The average molecular weight is 507 g/mol. The smallest absolute Gasteiger partial charge is 0.407 e. The van der Waals surface area contributed by atoms with Crippen LogP contribution in [-0.4, -0.2) is 31.6 Å². The molecule has 1 unspecified atom stereocenters. The molecule has 3 rings (SSSR count). The van der Waals surface area contributed by atoms with Crippen LogP contribution in [0.1, 0.15) is 24.6 Å². The molecule has 7 nitrogen and oxygen atoms in total. The third kappa shape index (κ3) is 6.43. The van der Waals surface area contributed by atoms with Crippen molar-refractivity contribution in [1.29, 1.82) is 4.78 Å². The highest BCUT2D eigenvalue weighted by molar-refractivity contribution is 7.94. The molecule has 0 aliphatic heterocycles. The minimum absolute atomic E-state index is 0.00657. The van der Waals surface area contributed by atoms with Crippen LogP contribution in [0.4, 0.5) is 4.79 Å². The van der Waals surface area contributed by atoms with Gasteiger partial charge < -0.3 is 10.1 Å². The Morgan fingerprint density at radius 3 is 2.36 bits per heavy atom. The van der Waals surface area contributed by atoms with Gasteiger partial charge in [0.15, 0.2) is 9.84 Å². The lowest BCUT2D eigenvalue weighted by atomic mass is 10.1. The number of benzene rings is 2. The second-order valence-corrected chi connectivity index (χ2v) is 12.9. The van der Waals surface area contributed by atoms with Gasteiger partial charge in [-0.2, -0.15) is 0 Å². The SMILES string of the molecule is CCCCOC(=O)NCc1ccc(S(=N)(=O)c2cc(-c3ccccc3)cc(S(C)(=O)=O)c2)s1. The van der Waals surface area contributed by atoms with Gasteiger partial charge in [0.1, 0.15) is 13.9 Å². The summed E-state index contributed by atoms with van der Waals surface area (Å²) in [6, 6.07) is 16.8. The Balaban J connectivity index is 1.89. The van der Waals surface area contributed by atoms with Gasteiger partial charge >= 0.3 is 6.09 Å². The summed E-state index contributed by atoms with van der Waals surface area (Å²) in [7, 11) is -7.07. The van der Waals surface area contributed by atoms with Crippen molar-refractivity contribution in [2.45, 2.75) is 40.3 Å². The lowest BCUT2D eigenvalue weighted by molar-refractivity contribution is 0.144. The van der Waals surface area contributed by atoms with Crippen LogP contribution in [-0.2, 0) is 30.8 Å². The number of ether oxygens (including phenoxy) is 1. The Bertz CT molecular complexity index is 1330. The second-order valence-electron chi connectivity index (χ2n) is 7.45. The summed E-state index contributed by atoms with van der Waals surface area (Å²) in [5, 5.41) is 2.64. The first-order chi connectivity index (χ1) is 15.6. The Morgan fingerprint density at radius 1 is 1.00 bits per heavy atom. The molecule has 1 aromatic heterocycles. The highest BCUT2D eigenvalue weighted by atomic mass is 32.2. The third-order valence-electron chi connectivity index (χ3n) is 4.81. The number of hydrogen-bond acceptors (Lipinski definition) is 7. The first kappa shape index (κ1) is 24.9. The summed E-state index contributed by atoms with van der Waals surface area (Å²) in [5.74, 6) is 0. The zero-order valence-electron chi connectivity index (χ0n) is 18.4. The molecule has 176 valence electrons. The Kier molecular flexibility index (Phi) is 7.93. The van der Waals surface area contributed by atoms with Crippen molar-refractivity contribution < 1.29 is 22.2 Å². The first-order valence-electron chi connectivity index (χ1n) is 10.3. The van der Waals surface area contributed by atoms with E-state index in [-0.39, 0.29) is 20.5 Å². The van der Waals surface area contributed by atoms with E-state index in [2.05, 4.69) is 5.32 Å².